The molecule has 0 heterocycles. The molecule has 0 aliphatic carbocycles. The lowest BCUT2D eigenvalue weighted by molar-refractivity contribution is 1.13. The lowest BCUT2D eigenvalue weighted by atomic mass is 10.1. The van der Waals surface area contributed by atoms with Crippen LogP contribution < -0.4 is 0 Å². The van der Waals surface area contributed by atoms with Crippen LogP contribution in [0.15, 0.2) is 82.4 Å². The standard InChI is InChI=1S/C18H18N2/c1-15(13-16-9-5-3-6-10-16)14-20-18(19-2)17-11-7-4-8-12-17/h3-12,14H,2,13H2,1H3/b15-14-,20-18?. The molecule has 0 aromatic heterocycles. The average molecular weight is 262 g/mol. The van der Waals surface area contributed by atoms with Crippen molar-refractivity contribution in [1.29, 1.82) is 0 Å². The quantitative estimate of drug-likeness (QED) is 0.580. The van der Waals surface area contributed by atoms with Crippen LogP contribution in [0.3, 0.4) is 0 Å². The van der Waals surface area contributed by atoms with Gasteiger partial charge in [-0.15, -0.1) is 0 Å². The first-order valence-electron chi connectivity index (χ1n) is 6.59. The van der Waals surface area contributed by atoms with E-state index in [1.807, 2.05) is 54.7 Å². The average Bonchev–Trinajstić information content (AvgIpc) is 2.50. The normalized spacial score (nSPS) is 12.2. The van der Waals surface area contributed by atoms with Gasteiger partial charge in [-0.1, -0.05) is 66.2 Å². The molecule has 0 radical (unpaired) electrons. The largest absolute Gasteiger partial charge is 0.245 e. The van der Waals surface area contributed by atoms with Gasteiger partial charge in [0, 0.05) is 11.8 Å². The van der Waals surface area contributed by atoms with E-state index in [1.165, 1.54) is 11.1 Å². The molecule has 0 aliphatic rings. The van der Waals surface area contributed by atoms with Crippen molar-refractivity contribution in [3.8, 4) is 0 Å². The Morgan fingerprint density at radius 3 is 2.20 bits per heavy atom. The fourth-order valence-corrected chi connectivity index (χ4v) is 1.93. The molecule has 2 aromatic carbocycles. The Kier molecular flexibility index (Phi) is 5.01. The zero-order valence-electron chi connectivity index (χ0n) is 11.7. The summed E-state index contributed by atoms with van der Waals surface area (Å²) in [6.45, 7) is 5.66. The Balaban J connectivity index is 2.13. The number of allylic oxidation sites excluding steroid dienone is 1. The first kappa shape index (κ1) is 13.9. The third kappa shape index (κ3) is 4.02. The molecule has 20 heavy (non-hydrogen) atoms. The Morgan fingerprint density at radius 2 is 1.60 bits per heavy atom. The summed E-state index contributed by atoms with van der Waals surface area (Å²) in [5.74, 6) is 0.651. The van der Waals surface area contributed by atoms with Gasteiger partial charge in [-0.3, -0.25) is 0 Å². The van der Waals surface area contributed by atoms with Gasteiger partial charge in [0.1, 0.15) is 0 Å². The van der Waals surface area contributed by atoms with Gasteiger partial charge >= 0.3 is 0 Å². The van der Waals surface area contributed by atoms with Crippen LogP contribution in [0, 0.1) is 0 Å². The van der Waals surface area contributed by atoms with Gasteiger partial charge in [0.05, 0.1) is 0 Å². The Hall–Kier alpha value is -2.48. The summed E-state index contributed by atoms with van der Waals surface area (Å²) < 4.78 is 0. The van der Waals surface area contributed by atoms with Gasteiger partial charge < -0.3 is 0 Å². The van der Waals surface area contributed by atoms with Crippen molar-refractivity contribution < 1.29 is 0 Å². The minimum Gasteiger partial charge on any atom is -0.245 e. The highest BCUT2D eigenvalue weighted by molar-refractivity contribution is 6.01. The highest BCUT2D eigenvalue weighted by Crippen LogP contribution is 2.08. The van der Waals surface area contributed by atoms with Gasteiger partial charge in [0.25, 0.3) is 0 Å². The summed E-state index contributed by atoms with van der Waals surface area (Å²) in [6.07, 6.45) is 2.76. The Morgan fingerprint density at radius 1 is 1.00 bits per heavy atom. The summed E-state index contributed by atoms with van der Waals surface area (Å²) in [4.78, 5) is 8.43. The number of aliphatic imine (C=N–C) groups is 2. The van der Waals surface area contributed by atoms with E-state index in [1.54, 1.807) is 0 Å². The van der Waals surface area contributed by atoms with Crippen LogP contribution >= 0.6 is 0 Å². The van der Waals surface area contributed by atoms with E-state index in [2.05, 4.69) is 35.8 Å². The molecule has 0 unspecified atom stereocenters. The smallest absolute Gasteiger partial charge is 0.158 e. The number of nitrogens with zero attached hydrogens (tertiary/aromatic N) is 2. The molecule has 2 heteroatoms. The number of benzene rings is 2. The number of amidine groups is 1. The topological polar surface area (TPSA) is 24.7 Å². The first-order valence-corrected chi connectivity index (χ1v) is 6.59. The number of hydrogen-bond donors (Lipinski definition) is 0. The third-order valence-corrected chi connectivity index (χ3v) is 2.91. The summed E-state index contributed by atoms with van der Waals surface area (Å²) in [5, 5.41) is 0. The summed E-state index contributed by atoms with van der Waals surface area (Å²) in [5.41, 5.74) is 3.45. The SMILES string of the molecule is C=NC(=N/C=C(/C)Cc1ccccc1)c1ccccc1. The second-order valence-electron chi connectivity index (χ2n) is 4.61. The van der Waals surface area contributed by atoms with E-state index >= 15 is 0 Å². The van der Waals surface area contributed by atoms with Crippen LogP contribution in [0.25, 0.3) is 0 Å². The summed E-state index contributed by atoms with van der Waals surface area (Å²) in [6, 6.07) is 20.2. The van der Waals surface area contributed by atoms with Crippen molar-refractivity contribution in [2.75, 3.05) is 0 Å². The Bertz CT molecular complexity index is 610. The van der Waals surface area contributed by atoms with Gasteiger partial charge in [-0.05, 0) is 25.6 Å². The van der Waals surface area contributed by atoms with Gasteiger partial charge in [0.15, 0.2) is 5.84 Å². The van der Waals surface area contributed by atoms with Gasteiger partial charge in [0.2, 0.25) is 0 Å². The molecule has 2 nitrogen and oxygen atoms in total. The van der Waals surface area contributed by atoms with E-state index < -0.39 is 0 Å². The van der Waals surface area contributed by atoms with Crippen LogP contribution in [0.1, 0.15) is 18.1 Å². The molecule has 0 amide bonds. The van der Waals surface area contributed by atoms with Crippen LogP contribution in [0.4, 0.5) is 0 Å². The van der Waals surface area contributed by atoms with Crippen molar-refractivity contribution in [3.63, 3.8) is 0 Å². The highest BCUT2D eigenvalue weighted by Gasteiger charge is 1.98. The molecule has 0 saturated carbocycles. The molecule has 0 N–H and O–H groups in total. The van der Waals surface area contributed by atoms with Gasteiger partial charge in [-0.2, -0.15) is 0 Å². The predicted octanol–water partition coefficient (Wildman–Crippen LogP) is 4.28. The maximum atomic E-state index is 4.43. The van der Waals surface area contributed by atoms with Crippen molar-refractivity contribution in [3.05, 3.63) is 83.6 Å². The Labute approximate surface area is 120 Å². The highest BCUT2D eigenvalue weighted by atomic mass is 14.9. The second-order valence-corrected chi connectivity index (χ2v) is 4.61. The molecule has 2 aromatic rings. The number of hydrogen-bond acceptors (Lipinski definition) is 1. The third-order valence-electron chi connectivity index (χ3n) is 2.91. The zero-order valence-corrected chi connectivity index (χ0v) is 11.7. The first-order chi connectivity index (χ1) is 9.79. The molecule has 0 fully saturated rings. The lowest BCUT2D eigenvalue weighted by Crippen LogP contribution is -1.95. The van der Waals surface area contributed by atoms with Crippen LogP contribution in [-0.4, -0.2) is 12.6 Å². The van der Waals surface area contributed by atoms with Crippen LogP contribution in [0.2, 0.25) is 0 Å². The summed E-state index contributed by atoms with van der Waals surface area (Å²) in [7, 11) is 0. The zero-order chi connectivity index (χ0) is 14.2. The molecular formula is C18H18N2. The molecule has 100 valence electrons. The molecule has 2 rings (SSSR count). The van der Waals surface area contributed by atoms with Crippen LogP contribution in [0.5, 0.6) is 0 Å². The van der Waals surface area contributed by atoms with Crippen molar-refractivity contribution in [2.45, 2.75) is 13.3 Å². The molecule has 0 bridgehead atoms. The van der Waals surface area contributed by atoms with E-state index in [-0.39, 0.29) is 0 Å². The minimum absolute atomic E-state index is 0.651. The lowest BCUT2D eigenvalue weighted by Gasteiger charge is -2.01. The van der Waals surface area contributed by atoms with E-state index in [0.29, 0.717) is 5.84 Å². The second kappa shape index (κ2) is 7.19. The van der Waals surface area contributed by atoms with Crippen molar-refractivity contribution >= 4 is 12.6 Å². The van der Waals surface area contributed by atoms with Crippen molar-refractivity contribution in [2.24, 2.45) is 9.98 Å². The fourth-order valence-electron chi connectivity index (χ4n) is 1.93. The maximum absolute atomic E-state index is 4.43. The molecule has 0 spiro atoms. The van der Waals surface area contributed by atoms with Gasteiger partial charge in [-0.25, -0.2) is 9.98 Å². The monoisotopic (exact) mass is 262 g/mol. The fraction of sp³-hybridized carbons (Fsp3) is 0.111. The van der Waals surface area contributed by atoms with E-state index in [4.69, 9.17) is 0 Å². The molecule has 0 aliphatic heterocycles. The summed E-state index contributed by atoms with van der Waals surface area (Å²) >= 11 is 0. The minimum atomic E-state index is 0.651. The molecule has 0 saturated heterocycles. The maximum Gasteiger partial charge on any atom is 0.158 e. The predicted molar refractivity (Wildman–Crippen MR) is 86.4 cm³/mol. The van der Waals surface area contributed by atoms with E-state index in [0.717, 1.165) is 12.0 Å². The number of rotatable bonds is 4. The van der Waals surface area contributed by atoms with Crippen LogP contribution in [-0.2, 0) is 6.42 Å². The van der Waals surface area contributed by atoms with E-state index in [9.17, 15) is 0 Å². The van der Waals surface area contributed by atoms with Crippen molar-refractivity contribution in [1.82, 2.24) is 0 Å². The molecular weight excluding hydrogens is 244 g/mol. The molecule has 0 atom stereocenters.